The van der Waals surface area contributed by atoms with Gasteiger partial charge in [0.2, 0.25) is 6.10 Å². The van der Waals surface area contributed by atoms with Crippen molar-refractivity contribution in [3.05, 3.63) is 63.1 Å². The largest absolute Gasteiger partial charge is 0.446 e. The molecular weight excluding hydrogens is 372 g/mol. The second kappa shape index (κ2) is 6.10. The number of hydrogen-bond acceptors (Lipinski definition) is 4. The van der Waals surface area contributed by atoms with E-state index in [1.165, 1.54) is 0 Å². The minimum Gasteiger partial charge on any atom is -0.446 e. The van der Waals surface area contributed by atoms with Crippen LogP contribution in [0.2, 0.25) is 5.02 Å². The highest BCUT2D eigenvalue weighted by Gasteiger charge is 2.32. The summed E-state index contributed by atoms with van der Waals surface area (Å²) in [5.41, 5.74) is 1.26. The van der Waals surface area contributed by atoms with Gasteiger partial charge >= 0.3 is 11.9 Å². The lowest BCUT2D eigenvalue weighted by atomic mass is 9.99. The molecule has 3 rings (SSSR count). The van der Waals surface area contributed by atoms with Gasteiger partial charge in [-0.05, 0) is 45.8 Å². The molecule has 0 bridgehead atoms. The van der Waals surface area contributed by atoms with E-state index in [-0.39, 0.29) is 0 Å². The quantitative estimate of drug-likeness (QED) is 0.587. The van der Waals surface area contributed by atoms with Crippen molar-refractivity contribution >= 4 is 39.5 Å². The summed E-state index contributed by atoms with van der Waals surface area (Å²) >= 11 is 9.11. The van der Waals surface area contributed by atoms with Crippen LogP contribution < -0.4 is 4.74 Å². The Morgan fingerprint density at radius 2 is 2.05 bits per heavy atom. The lowest BCUT2D eigenvalue weighted by Crippen LogP contribution is -2.37. The number of carbonyl (C=O) groups excluding carboxylic acids is 2. The van der Waals surface area contributed by atoms with Crippen molar-refractivity contribution in [2.45, 2.75) is 12.5 Å². The predicted octanol–water partition coefficient (Wildman–Crippen LogP) is 3.79. The number of rotatable bonds is 2. The van der Waals surface area contributed by atoms with E-state index in [0.717, 1.165) is 5.56 Å². The molecule has 2 aromatic rings. The summed E-state index contributed by atoms with van der Waals surface area (Å²) in [4.78, 5) is 24.1. The summed E-state index contributed by atoms with van der Waals surface area (Å²) in [7, 11) is 0. The zero-order chi connectivity index (χ0) is 15.7. The zero-order valence-electron chi connectivity index (χ0n) is 11.2. The molecule has 0 saturated carbocycles. The molecule has 0 N–H and O–H groups in total. The lowest BCUT2D eigenvalue weighted by molar-refractivity contribution is -0.144. The molecule has 1 atom stereocenters. The maximum atomic E-state index is 12.2. The van der Waals surface area contributed by atoms with Crippen molar-refractivity contribution < 1.29 is 19.1 Å². The standard InChI is InChI=1S/C16H10BrClO4/c17-12-8-10(18)5-6-13(12)21-16(20)14-7-9-3-1-2-4-11(9)15(19)22-14/h1-6,8,14H,7H2. The van der Waals surface area contributed by atoms with Crippen molar-refractivity contribution in [1.82, 2.24) is 0 Å². The Hall–Kier alpha value is -1.85. The van der Waals surface area contributed by atoms with E-state index in [1.54, 1.807) is 36.4 Å². The van der Waals surface area contributed by atoms with Crippen LogP contribution in [0.25, 0.3) is 0 Å². The first kappa shape index (κ1) is 15.1. The number of ether oxygens (including phenoxy) is 2. The fourth-order valence-electron chi connectivity index (χ4n) is 2.20. The maximum absolute atomic E-state index is 12.2. The van der Waals surface area contributed by atoms with Crippen LogP contribution >= 0.6 is 27.5 Å². The van der Waals surface area contributed by atoms with Crippen molar-refractivity contribution in [3.63, 3.8) is 0 Å². The Morgan fingerprint density at radius 3 is 2.82 bits per heavy atom. The first-order valence-corrected chi connectivity index (χ1v) is 7.67. The van der Waals surface area contributed by atoms with E-state index in [2.05, 4.69) is 15.9 Å². The van der Waals surface area contributed by atoms with Gasteiger partial charge in [-0.15, -0.1) is 0 Å². The van der Waals surface area contributed by atoms with Gasteiger partial charge in [0.05, 0.1) is 10.0 Å². The van der Waals surface area contributed by atoms with Gasteiger partial charge in [-0.2, -0.15) is 0 Å². The zero-order valence-corrected chi connectivity index (χ0v) is 13.6. The lowest BCUT2D eigenvalue weighted by Gasteiger charge is -2.23. The molecule has 0 spiro atoms. The molecule has 1 aliphatic rings. The molecule has 1 unspecified atom stereocenters. The van der Waals surface area contributed by atoms with Crippen molar-refractivity contribution in [2.75, 3.05) is 0 Å². The highest BCUT2D eigenvalue weighted by molar-refractivity contribution is 9.10. The Kier molecular flexibility index (Phi) is 4.18. The summed E-state index contributed by atoms with van der Waals surface area (Å²) in [6, 6.07) is 11.8. The summed E-state index contributed by atoms with van der Waals surface area (Å²) in [5, 5.41) is 0.518. The number of cyclic esters (lactones) is 1. The smallest absolute Gasteiger partial charge is 0.353 e. The van der Waals surface area contributed by atoms with Crippen LogP contribution in [0.1, 0.15) is 15.9 Å². The molecule has 0 saturated heterocycles. The van der Waals surface area contributed by atoms with Gasteiger partial charge in [-0.1, -0.05) is 29.8 Å². The Bertz CT molecular complexity index is 760. The minimum atomic E-state index is -0.954. The third-order valence-electron chi connectivity index (χ3n) is 3.26. The van der Waals surface area contributed by atoms with Gasteiger partial charge < -0.3 is 9.47 Å². The first-order valence-electron chi connectivity index (χ1n) is 6.50. The summed E-state index contributed by atoms with van der Waals surface area (Å²) < 4.78 is 11.0. The average molecular weight is 382 g/mol. The molecule has 0 aromatic heterocycles. The minimum absolute atomic E-state index is 0.298. The molecule has 1 heterocycles. The average Bonchev–Trinajstić information content (AvgIpc) is 2.50. The van der Waals surface area contributed by atoms with Crippen LogP contribution in [0.5, 0.6) is 5.75 Å². The van der Waals surface area contributed by atoms with Gasteiger partial charge in [0.25, 0.3) is 0 Å². The maximum Gasteiger partial charge on any atom is 0.353 e. The second-order valence-electron chi connectivity index (χ2n) is 4.75. The number of benzene rings is 2. The molecule has 0 radical (unpaired) electrons. The highest BCUT2D eigenvalue weighted by Crippen LogP contribution is 2.29. The molecule has 6 heteroatoms. The second-order valence-corrected chi connectivity index (χ2v) is 6.04. The number of esters is 2. The van der Waals surface area contributed by atoms with E-state index < -0.39 is 18.0 Å². The summed E-state index contributed by atoms with van der Waals surface area (Å²) in [6.45, 7) is 0. The molecular formula is C16H10BrClO4. The van der Waals surface area contributed by atoms with Crippen LogP contribution in [-0.4, -0.2) is 18.0 Å². The van der Waals surface area contributed by atoms with Crippen LogP contribution in [0.4, 0.5) is 0 Å². The monoisotopic (exact) mass is 380 g/mol. The van der Waals surface area contributed by atoms with Crippen LogP contribution in [-0.2, 0) is 16.0 Å². The van der Waals surface area contributed by atoms with Gasteiger partial charge in [0, 0.05) is 11.4 Å². The fourth-order valence-corrected chi connectivity index (χ4v) is 2.96. The van der Waals surface area contributed by atoms with Gasteiger partial charge in [0.1, 0.15) is 5.75 Å². The summed E-state index contributed by atoms with van der Waals surface area (Å²) in [6.07, 6.45) is -0.656. The number of carbonyl (C=O) groups is 2. The topological polar surface area (TPSA) is 52.6 Å². The highest BCUT2D eigenvalue weighted by atomic mass is 79.9. The fraction of sp³-hybridized carbons (Fsp3) is 0.125. The SMILES string of the molecule is O=C1OC(C(=O)Oc2ccc(Cl)cc2Br)Cc2ccccc21. The molecule has 0 fully saturated rings. The molecule has 1 aliphatic heterocycles. The summed E-state index contributed by atoms with van der Waals surface area (Å²) in [5.74, 6) is -0.811. The molecule has 22 heavy (non-hydrogen) atoms. The van der Waals surface area contributed by atoms with E-state index in [9.17, 15) is 9.59 Å². The van der Waals surface area contributed by atoms with E-state index in [1.807, 2.05) is 6.07 Å². The normalized spacial score (nSPS) is 16.6. The number of hydrogen-bond donors (Lipinski definition) is 0. The molecule has 4 nitrogen and oxygen atoms in total. The predicted molar refractivity (Wildman–Crippen MR) is 84.1 cm³/mol. The van der Waals surface area contributed by atoms with Gasteiger partial charge in [0.15, 0.2) is 0 Å². The Balaban J connectivity index is 1.78. The van der Waals surface area contributed by atoms with Gasteiger partial charge in [-0.25, -0.2) is 9.59 Å². The van der Waals surface area contributed by atoms with E-state index in [0.29, 0.717) is 27.2 Å². The molecule has 112 valence electrons. The Morgan fingerprint density at radius 1 is 1.27 bits per heavy atom. The van der Waals surface area contributed by atoms with Crippen molar-refractivity contribution in [2.24, 2.45) is 0 Å². The van der Waals surface area contributed by atoms with E-state index in [4.69, 9.17) is 21.1 Å². The van der Waals surface area contributed by atoms with E-state index >= 15 is 0 Å². The number of fused-ring (bicyclic) bond motifs is 1. The number of halogens is 2. The third-order valence-corrected chi connectivity index (χ3v) is 4.11. The van der Waals surface area contributed by atoms with Crippen LogP contribution in [0.3, 0.4) is 0 Å². The van der Waals surface area contributed by atoms with Crippen molar-refractivity contribution in [3.8, 4) is 5.75 Å². The van der Waals surface area contributed by atoms with Gasteiger partial charge in [-0.3, -0.25) is 0 Å². The van der Waals surface area contributed by atoms with Crippen molar-refractivity contribution in [1.29, 1.82) is 0 Å². The van der Waals surface area contributed by atoms with Crippen LogP contribution in [0.15, 0.2) is 46.9 Å². The molecule has 0 amide bonds. The molecule has 0 aliphatic carbocycles. The first-order chi connectivity index (χ1) is 10.5. The van der Waals surface area contributed by atoms with Crippen LogP contribution in [0, 0.1) is 0 Å². The third kappa shape index (κ3) is 3.00. The Labute approximate surface area is 140 Å². The molecule has 2 aromatic carbocycles.